The molecule has 0 atom stereocenters. The SMILES string of the molecule is CCCCc1cn(C)cn1.F[B-](F)(F)F.[H+]. The maximum absolute atomic E-state index is 9.75. The zero-order chi connectivity index (χ0) is 11.9. The summed E-state index contributed by atoms with van der Waals surface area (Å²) in [5.74, 6) is 0. The average molecular weight is 226 g/mol. The van der Waals surface area contributed by atoms with Crippen molar-refractivity contribution in [3.05, 3.63) is 18.2 Å². The number of unbranched alkanes of at least 4 members (excludes halogenated alkanes) is 1. The van der Waals surface area contributed by atoms with E-state index in [1.165, 1.54) is 18.5 Å². The summed E-state index contributed by atoms with van der Waals surface area (Å²) < 4.78 is 41.0. The number of imidazole rings is 1. The third-order valence-corrected chi connectivity index (χ3v) is 1.54. The van der Waals surface area contributed by atoms with Crippen molar-refractivity contribution in [3.63, 3.8) is 0 Å². The minimum atomic E-state index is -6.00. The van der Waals surface area contributed by atoms with Crippen LogP contribution in [0.3, 0.4) is 0 Å². The number of halogens is 4. The lowest BCUT2D eigenvalue weighted by Gasteiger charge is -1.94. The van der Waals surface area contributed by atoms with Crippen molar-refractivity contribution in [2.24, 2.45) is 7.05 Å². The molecule has 0 fully saturated rings. The Hall–Kier alpha value is -1.01. The van der Waals surface area contributed by atoms with Gasteiger partial charge in [0.05, 0.1) is 12.0 Å². The standard InChI is InChI=1S/C8H14N2.BF4/c1-3-4-5-8-6-10(2)7-9-8;2-1(3,4)5/h6-7H,3-5H2,1-2H3;/q;-1/p+1. The van der Waals surface area contributed by atoms with Crippen LogP contribution in [0.25, 0.3) is 0 Å². The summed E-state index contributed by atoms with van der Waals surface area (Å²) in [6.07, 6.45) is 7.55. The third kappa shape index (κ3) is 10.9. The second-order valence-corrected chi connectivity index (χ2v) is 3.13. The molecule has 0 spiro atoms. The molecule has 0 aliphatic carbocycles. The fourth-order valence-electron chi connectivity index (χ4n) is 0.954. The first-order valence-electron chi connectivity index (χ1n) is 4.67. The Kier molecular flexibility index (Phi) is 6.04. The van der Waals surface area contributed by atoms with Gasteiger partial charge in [0, 0.05) is 13.2 Å². The van der Waals surface area contributed by atoms with E-state index in [0.29, 0.717) is 0 Å². The molecule has 1 aromatic heterocycles. The second-order valence-electron chi connectivity index (χ2n) is 3.13. The van der Waals surface area contributed by atoms with E-state index in [0.717, 1.165) is 6.42 Å². The summed E-state index contributed by atoms with van der Waals surface area (Å²) in [4.78, 5) is 4.22. The van der Waals surface area contributed by atoms with E-state index in [-0.39, 0.29) is 1.43 Å². The Labute approximate surface area is 87.9 Å². The molecule has 0 aliphatic heterocycles. The molecule has 0 bridgehead atoms. The Balaban J connectivity index is 0. The minimum absolute atomic E-state index is 0. The summed E-state index contributed by atoms with van der Waals surface area (Å²) in [6, 6.07) is 0. The van der Waals surface area contributed by atoms with Crippen LogP contribution in [0.2, 0.25) is 0 Å². The molecule has 0 radical (unpaired) electrons. The minimum Gasteiger partial charge on any atom is -0.418 e. The van der Waals surface area contributed by atoms with Gasteiger partial charge in [0.15, 0.2) is 0 Å². The fourth-order valence-corrected chi connectivity index (χ4v) is 0.954. The van der Waals surface area contributed by atoms with Crippen molar-refractivity contribution in [2.75, 3.05) is 0 Å². The number of aryl methyl sites for hydroxylation is 2. The van der Waals surface area contributed by atoms with Gasteiger partial charge in [-0.1, -0.05) is 13.3 Å². The number of hydrogen-bond donors (Lipinski definition) is 0. The summed E-state index contributed by atoms with van der Waals surface area (Å²) in [7, 11) is -4.00. The first kappa shape index (κ1) is 14.0. The molecule has 2 nitrogen and oxygen atoms in total. The van der Waals surface area contributed by atoms with Gasteiger partial charge in [0.1, 0.15) is 0 Å². The molecule has 7 heteroatoms. The van der Waals surface area contributed by atoms with Crippen LogP contribution in [-0.4, -0.2) is 16.8 Å². The van der Waals surface area contributed by atoms with Gasteiger partial charge in [0.25, 0.3) is 0 Å². The lowest BCUT2D eigenvalue weighted by Crippen LogP contribution is -2.02. The van der Waals surface area contributed by atoms with Crippen LogP contribution >= 0.6 is 0 Å². The normalized spacial score (nSPS) is 10.8. The van der Waals surface area contributed by atoms with Crippen molar-refractivity contribution >= 4 is 7.25 Å². The van der Waals surface area contributed by atoms with Crippen molar-refractivity contribution in [1.82, 2.24) is 9.55 Å². The van der Waals surface area contributed by atoms with Crippen LogP contribution in [0.5, 0.6) is 0 Å². The summed E-state index contributed by atoms with van der Waals surface area (Å²) >= 11 is 0. The first-order chi connectivity index (χ1) is 6.83. The van der Waals surface area contributed by atoms with Gasteiger partial charge < -0.3 is 21.8 Å². The lowest BCUT2D eigenvalue weighted by atomic mass is 10.2. The van der Waals surface area contributed by atoms with E-state index in [4.69, 9.17) is 0 Å². The van der Waals surface area contributed by atoms with Crippen LogP contribution in [0.15, 0.2) is 12.5 Å². The van der Waals surface area contributed by atoms with E-state index >= 15 is 0 Å². The predicted octanol–water partition coefficient (Wildman–Crippen LogP) is 3.18. The van der Waals surface area contributed by atoms with Crippen LogP contribution in [0.1, 0.15) is 26.9 Å². The molecule has 1 heterocycles. The molecule has 0 unspecified atom stereocenters. The van der Waals surface area contributed by atoms with Crippen molar-refractivity contribution < 1.29 is 18.7 Å². The molecule has 0 amide bonds. The summed E-state index contributed by atoms with van der Waals surface area (Å²) in [6.45, 7) is 2.20. The zero-order valence-electron chi connectivity index (χ0n) is 9.76. The van der Waals surface area contributed by atoms with Crippen LogP contribution in [0.4, 0.5) is 17.3 Å². The van der Waals surface area contributed by atoms with Gasteiger partial charge in [-0.3, -0.25) is 0 Å². The predicted molar refractivity (Wildman–Crippen MR) is 53.1 cm³/mol. The largest absolute Gasteiger partial charge is 1.00 e. The molecular weight excluding hydrogens is 211 g/mol. The highest BCUT2D eigenvalue weighted by Crippen LogP contribution is 2.06. The van der Waals surface area contributed by atoms with E-state index in [1.54, 1.807) is 0 Å². The molecule has 88 valence electrons. The number of aromatic nitrogens is 2. The molecular formula is C8H15BF4N2. The fraction of sp³-hybridized carbons (Fsp3) is 0.625. The number of nitrogens with zero attached hydrogens (tertiary/aromatic N) is 2. The average Bonchev–Trinajstić information content (AvgIpc) is 2.45. The Morgan fingerprint density at radius 2 is 1.93 bits per heavy atom. The smallest absolute Gasteiger partial charge is 0.418 e. The van der Waals surface area contributed by atoms with Crippen molar-refractivity contribution in [3.8, 4) is 0 Å². The van der Waals surface area contributed by atoms with Crippen molar-refractivity contribution in [1.29, 1.82) is 0 Å². The monoisotopic (exact) mass is 226 g/mol. The summed E-state index contributed by atoms with van der Waals surface area (Å²) in [5.41, 5.74) is 1.21. The second kappa shape index (κ2) is 6.47. The Morgan fingerprint density at radius 1 is 1.40 bits per heavy atom. The molecule has 1 aromatic rings. The molecule has 15 heavy (non-hydrogen) atoms. The molecule has 0 saturated heterocycles. The van der Waals surface area contributed by atoms with Gasteiger partial charge in [0.2, 0.25) is 0 Å². The highest BCUT2D eigenvalue weighted by Gasteiger charge is 2.20. The van der Waals surface area contributed by atoms with E-state index in [2.05, 4.69) is 18.1 Å². The maximum atomic E-state index is 9.75. The molecule has 0 N–H and O–H groups in total. The van der Waals surface area contributed by atoms with E-state index in [1.807, 2.05) is 17.9 Å². The van der Waals surface area contributed by atoms with Gasteiger partial charge in [-0.25, -0.2) is 4.98 Å². The number of rotatable bonds is 3. The number of hydrogen-bond acceptors (Lipinski definition) is 1. The highest BCUT2D eigenvalue weighted by atomic mass is 19.5. The third-order valence-electron chi connectivity index (χ3n) is 1.54. The topological polar surface area (TPSA) is 17.8 Å². The van der Waals surface area contributed by atoms with E-state index < -0.39 is 7.25 Å². The van der Waals surface area contributed by atoms with Gasteiger partial charge >= 0.3 is 8.68 Å². The zero-order valence-corrected chi connectivity index (χ0v) is 8.76. The Bertz CT molecular complexity index is 271. The lowest BCUT2D eigenvalue weighted by molar-refractivity contribution is 0.368. The molecule has 0 aromatic carbocycles. The molecule has 1 rings (SSSR count). The van der Waals surface area contributed by atoms with Crippen LogP contribution in [0, 0.1) is 0 Å². The summed E-state index contributed by atoms with van der Waals surface area (Å²) in [5, 5.41) is 0. The van der Waals surface area contributed by atoms with Crippen LogP contribution < -0.4 is 0 Å². The molecule has 0 saturated carbocycles. The molecule has 0 aliphatic rings. The Morgan fingerprint density at radius 3 is 2.27 bits per heavy atom. The van der Waals surface area contributed by atoms with Gasteiger partial charge in [-0.15, -0.1) is 0 Å². The van der Waals surface area contributed by atoms with E-state index in [9.17, 15) is 17.3 Å². The van der Waals surface area contributed by atoms with Gasteiger partial charge in [-0.05, 0) is 12.8 Å². The quantitative estimate of drug-likeness (QED) is 0.571. The maximum Gasteiger partial charge on any atom is 1.00 e. The van der Waals surface area contributed by atoms with Crippen molar-refractivity contribution in [2.45, 2.75) is 26.2 Å². The highest BCUT2D eigenvalue weighted by molar-refractivity contribution is 6.50. The van der Waals surface area contributed by atoms with Gasteiger partial charge in [-0.2, -0.15) is 0 Å². The van der Waals surface area contributed by atoms with Crippen LogP contribution in [-0.2, 0) is 13.5 Å². The first-order valence-corrected chi connectivity index (χ1v) is 4.67.